The van der Waals surface area contributed by atoms with Crippen LogP contribution in [-0.2, 0) is 0 Å². The van der Waals surface area contributed by atoms with E-state index in [-0.39, 0.29) is 11.6 Å². The SMILES string of the molecule is CC(=O)c1ccc2c(c1)C(=O)CCN2. The molecule has 72 valence electrons. The molecule has 0 spiro atoms. The van der Waals surface area contributed by atoms with Gasteiger partial charge in [-0.1, -0.05) is 0 Å². The molecule has 0 unspecified atom stereocenters. The lowest BCUT2D eigenvalue weighted by Crippen LogP contribution is -2.18. The average molecular weight is 189 g/mol. The van der Waals surface area contributed by atoms with Gasteiger partial charge in [0, 0.05) is 29.8 Å². The summed E-state index contributed by atoms with van der Waals surface area (Å²) in [6.45, 7) is 2.19. The Morgan fingerprint density at radius 2 is 2.21 bits per heavy atom. The van der Waals surface area contributed by atoms with Gasteiger partial charge >= 0.3 is 0 Å². The minimum Gasteiger partial charge on any atom is -0.384 e. The van der Waals surface area contributed by atoms with Crippen LogP contribution >= 0.6 is 0 Å². The van der Waals surface area contributed by atoms with Gasteiger partial charge in [0.25, 0.3) is 0 Å². The van der Waals surface area contributed by atoms with Gasteiger partial charge in [-0.25, -0.2) is 0 Å². The molecule has 0 saturated carbocycles. The first-order valence-corrected chi connectivity index (χ1v) is 4.60. The van der Waals surface area contributed by atoms with Crippen LogP contribution in [0.25, 0.3) is 0 Å². The lowest BCUT2D eigenvalue weighted by molar-refractivity contribution is 0.0983. The molecule has 0 fully saturated rings. The van der Waals surface area contributed by atoms with Crippen molar-refractivity contribution < 1.29 is 9.59 Å². The highest BCUT2D eigenvalue weighted by molar-refractivity contribution is 6.05. The third-order valence-corrected chi connectivity index (χ3v) is 2.39. The Morgan fingerprint density at radius 1 is 1.43 bits per heavy atom. The molecular weight excluding hydrogens is 178 g/mol. The fourth-order valence-electron chi connectivity index (χ4n) is 1.59. The zero-order valence-corrected chi connectivity index (χ0v) is 7.96. The zero-order valence-electron chi connectivity index (χ0n) is 7.96. The third kappa shape index (κ3) is 1.41. The van der Waals surface area contributed by atoms with Crippen LogP contribution in [0.2, 0.25) is 0 Å². The first-order valence-electron chi connectivity index (χ1n) is 4.60. The minimum absolute atomic E-state index is 0.00817. The number of ketones is 2. The standard InChI is InChI=1S/C11H11NO2/c1-7(13)8-2-3-10-9(6-8)11(14)4-5-12-10/h2-3,6,12H,4-5H2,1H3. The summed E-state index contributed by atoms with van der Waals surface area (Å²) in [5.74, 6) is 0.105. The predicted molar refractivity (Wildman–Crippen MR) is 53.9 cm³/mol. The van der Waals surface area contributed by atoms with E-state index >= 15 is 0 Å². The predicted octanol–water partition coefficient (Wildman–Crippen LogP) is 1.89. The number of hydrogen-bond acceptors (Lipinski definition) is 3. The second kappa shape index (κ2) is 3.25. The molecule has 1 aromatic rings. The van der Waals surface area contributed by atoms with E-state index in [0.717, 1.165) is 5.69 Å². The van der Waals surface area contributed by atoms with Crippen molar-refractivity contribution in [2.45, 2.75) is 13.3 Å². The first-order chi connectivity index (χ1) is 6.68. The number of Topliss-reactive ketones (excluding diaryl/α,β-unsaturated/α-hetero) is 2. The normalized spacial score (nSPS) is 14.5. The van der Waals surface area contributed by atoms with Crippen LogP contribution in [0.3, 0.4) is 0 Å². The van der Waals surface area contributed by atoms with Crippen molar-refractivity contribution in [2.24, 2.45) is 0 Å². The minimum atomic E-state index is -0.00817. The van der Waals surface area contributed by atoms with Crippen molar-refractivity contribution in [3.63, 3.8) is 0 Å². The maximum absolute atomic E-state index is 11.5. The number of nitrogens with one attached hydrogen (secondary N) is 1. The molecule has 0 aliphatic carbocycles. The van der Waals surface area contributed by atoms with Gasteiger partial charge in [-0.05, 0) is 25.1 Å². The topological polar surface area (TPSA) is 46.2 Å². The highest BCUT2D eigenvalue weighted by Crippen LogP contribution is 2.22. The fraction of sp³-hybridized carbons (Fsp3) is 0.273. The highest BCUT2D eigenvalue weighted by atomic mass is 16.1. The number of benzene rings is 1. The molecule has 1 aromatic carbocycles. The monoisotopic (exact) mass is 189 g/mol. The molecule has 3 heteroatoms. The summed E-state index contributed by atoms with van der Waals surface area (Å²) in [4.78, 5) is 22.6. The van der Waals surface area contributed by atoms with E-state index in [9.17, 15) is 9.59 Å². The quantitative estimate of drug-likeness (QED) is 0.686. The molecule has 1 aliphatic rings. The largest absolute Gasteiger partial charge is 0.384 e. The maximum Gasteiger partial charge on any atom is 0.166 e. The average Bonchev–Trinajstić information content (AvgIpc) is 2.18. The summed E-state index contributed by atoms with van der Waals surface area (Å²) in [5.41, 5.74) is 2.08. The van der Waals surface area contributed by atoms with Crippen LogP contribution in [0.15, 0.2) is 18.2 Å². The van der Waals surface area contributed by atoms with Gasteiger partial charge in [0.05, 0.1) is 0 Å². The molecule has 2 rings (SSSR count). The Bertz CT molecular complexity index is 410. The summed E-state index contributed by atoms with van der Waals surface area (Å²) in [7, 11) is 0. The van der Waals surface area contributed by atoms with E-state index in [1.54, 1.807) is 18.2 Å². The Hall–Kier alpha value is -1.64. The van der Waals surface area contributed by atoms with Crippen molar-refractivity contribution in [2.75, 3.05) is 11.9 Å². The van der Waals surface area contributed by atoms with E-state index in [4.69, 9.17) is 0 Å². The van der Waals surface area contributed by atoms with E-state index in [1.807, 2.05) is 0 Å². The van der Waals surface area contributed by atoms with Crippen molar-refractivity contribution >= 4 is 17.3 Å². The molecule has 0 aromatic heterocycles. The molecular formula is C11H11NO2. The molecule has 1 N–H and O–H groups in total. The Balaban J connectivity index is 2.51. The van der Waals surface area contributed by atoms with Gasteiger partial charge < -0.3 is 5.32 Å². The number of hydrogen-bond donors (Lipinski definition) is 1. The highest BCUT2D eigenvalue weighted by Gasteiger charge is 2.17. The molecule has 0 amide bonds. The Kier molecular flexibility index (Phi) is 2.08. The van der Waals surface area contributed by atoms with Gasteiger partial charge in [-0.3, -0.25) is 9.59 Å². The second-order valence-corrected chi connectivity index (χ2v) is 3.42. The molecule has 1 aliphatic heterocycles. The molecule has 0 bridgehead atoms. The van der Waals surface area contributed by atoms with Crippen LogP contribution in [0.1, 0.15) is 34.1 Å². The van der Waals surface area contributed by atoms with E-state index in [2.05, 4.69) is 5.32 Å². The number of anilines is 1. The molecule has 0 atom stereocenters. The number of carbonyl (C=O) groups excluding carboxylic acids is 2. The van der Waals surface area contributed by atoms with Gasteiger partial charge in [0.1, 0.15) is 0 Å². The third-order valence-electron chi connectivity index (χ3n) is 2.39. The number of fused-ring (bicyclic) bond motifs is 1. The zero-order chi connectivity index (χ0) is 10.1. The molecule has 3 nitrogen and oxygen atoms in total. The Labute approximate surface area is 82.1 Å². The van der Waals surface area contributed by atoms with Gasteiger partial charge in [0.2, 0.25) is 0 Å². The molecule has 0 radical (unpaired) electrons. The van der Waals surface area contributed by atoms with E-state index in [1.165, 1.54) is 6.92 Å². The molecule has 0 saturated heterocycles. The second-order valence-electron chi connectivity index (χ2n) is 3.42. The van der Waals surface area contributed by atoms with Crippen molar-refractivity contribution in [1.82, 2.24) is 0 Å². The van der Waals surface area contributed by atoms with E-state index < -0.39 is 0 Å². The number of rotatable bonds is 1. The van der Waals surface area contributed by atoms with Crippen LogP contribution < -0.4 is 5.32 Å². The fourth-order valence-corrected chi connectivity index (χ4v) is 1.59. The van der Waals surface area contributed by atoms with E-state index in [0.29, 0.717) is 24.1 Å². The summed E-state index contributed by atoms with van der Waals surface area (Å²) in [6, 6.07) is 5.21. The van der Waals surface area contributed by atoms with Crippen LogP contribution in [0.4, 0.5) is 5.69 Å². The lowest BCUT2D eigenvalue weighted by atomic mass is 9.98. The summed E-state index contributed by atoms with van der Waals surface area (Å²) < 4.78 is 0. The molecule has 14 heavy (non-hydrogen) atoms. The smallest absolute Gasteiger partial charge is 0.166 e. The summed E-state index contributed by atoms with van der Waals surface area (Å²) in [5, 5.41) is 3.13. The first kappa shape index (κ1) is 8.94. The van der Waals surface area contributed by atoms with Crippen molar-refractivity contribution in [3.05, 3.63) is 29.3 Å². The lowest BCUT2D eigenvalue weighted by Gasteiger charge is -2.17. The van der Waals surface area contributed by atoms with Crippen molar-refractivity contribution in [1.29, 1.82) is 0 Å². The molecule has 1 heterocycles. The Morgan fingerprint density at radius 3 is 2.93 bits per heavy atom. The van der Waals surface area contributed by atoms with Crippen LogP contribution in [-0.4, -0.2) is 18.1 Å². The maximum atomic E-state index is 11.5. The van der Waals surface area contributed by atoms with Gasteiger partial charge in [0.15, 0.2) is 11.6 Å². The number of carbonyl (C=O) groups is 2. The van der Waals surface area contributed by atoms with Gasteiger partial charge in [-0.2, -0.15) is 0 Å². The van der Waals surface area contributed by atoms with Crippen LogP contribution in [0.5, 0.6) is 0 Å². The summed E-state index contributed by atoms with van der Waals surface area (Å²) >= 11 is 0. The van der Waals surface area contributed by atoms with Gasteiger partial charge in [-0.15, -0.1) is 0 Å². The summed E-state index contributed by atoms with van der Waals surface area (Å²) in [6.07, 6.45) is 0.508. The van der Waals surface area contributed by atoms with Crippen molar-refractivity contribution in [3.8, 4) is 0 Å². The van der Waals surface area contributed by atoms with Crippen LogP contribution in [0, 0.1) is 0 Å².